The molecule has 0 saturated heterocycles. The van der Waals surface area contributed by atoms with Crippen LogP contribution in [0.2, 0.25) is 0 Å². The quantitative estimate of drug-likeness (QED) is 0.903. The lowest BCUT2D eigenvalue weighted by Crippen LogP contribution is -2.26. The van der Waals surface area contributed by atoms with Crippen LogP contribution in [0.1, 0.15) is 56.5 Å². The first-order valence-electron chi connectivity index (χ1n) is 7.22. The van der Waals surface area contributed by atoms with Crippen molar-refractivity contribution in [2.45, 2.75) is 51.5 Å². The monoisotopic (exact) mass is 271 g/mol. The summed E-state index contributed by atoms with van der Waals surface area (Å²) in [7, 11) is 0. The van der Waals surface area contributed by atoms with E-state index in [2.05, 4.69) is 60.5 Å². The number of benzene rings is 1. The summed E-state index contributed by atoms with van der Waals surface area (Å²) in [5.74, 6) is 1.06. The van der Waals surface area contributed by atoms with E-state index in [4.69, 9.17) is 4.52 Å². The third kappa shape index (κ3) is 2.69. The number of nitrogens with one attached hydrogen (secondary N) is 1. The van der Waals surface area contributed by atoms with Gasteiger partial charge in [0.2, 0.25) is 0 Å². The van der Waals surface area contributed by atoms with Gasteiger partial charge in [-0.05, 0) is 51.2 Å². The number of aromatic nitrogens is 2. The summed E-state index contributed by atoms with van der Waals surface area (Å²) >= 11 is 0. The minimum absolute atomic E-state index is 0.0751. The molecule has 4 heteroatoms. The molecule has 0 spiro atoms. The first-order valence-corrected chi connectivity index (χ1v) is 7.22. The van der Waals surface area contributed by atoms with Crippen LogP contribution in [0, 0.1) is 0 Å². The van der Waals surface area contributed by atoms with Gasteiger partial charge in [-0.3, -0.25) is 0 Å². The lowest BCUT2D eigenvalue weighted by Gasteiger charge is -2.22. The standard InChI is InChI=1S/C16H21N3O/c1-16(2,3)18-15-17-14(19-20-15)13-10-6-8-11-7-4-5-9-12(11)13/h4-5,7,9,13H,6,8,10H2,1-3H3,(H,17,18,19). The number of nitrogens with zero attached hydrogens (tertiary/aromatic N) is 2. The maximum absolute atomic E-state index is 5.34. The van der Waals surface area contributed by atoms with Gasteiger partial charge >= 0.3 is 6.01 Å². The number of hydrogen-bond donors (Lipinski definition) is 1. The number of aryl methyl sites for hydroxylation is 1. The zero-order valence-electron chi connectivity index (χ0n) is 12.3. The third-order valence-corrected chi connectivity index (χ3v) is 3.60. The molecule has 1 aromatic carbocycles. The first-order chi connectivity index (χ1) is 9.53. The fourth-order valence-corrected chi connectivity index (χ4v) is 2.77. The van der Waals surface area contributed by atoms with E-state index in [0.29, 0.717) is 6.01 Å². The Labute approximate surface area is 119 Å². The Hall–Kier alpha value is -1.84. The minimum atomic E-state index is -0.0751. The molecule has 0 bridgehead atoms. The second-order valence-electron chi connectivity index (χ2n) is 6.48. The molecule has 0 saturated carbocycles. The van der Waals surface area contributed by atoms with E-state index < -0.39 is 0 Å². The Kier molecular flexibility index (Phi) is 3.24. The molecule has 0 fully saturated rings. The number of hydrogen-bond acceptors (Lipinski definition) is 4. The maximum atomic E-state index is 5.34. The van der Waals surface area contributed by atoms with Crippen LogP contribution < -0.4 is 5.32 Å². The molecule has 106 valence electrons. The average molecular weight is 271 g/mol. The van der Waals surface area contributed by atoms with Crippen LogP contribution in [0.5, 0.6) is 0 Å². The predicted octanol–water partition coefficient (Wildman–Crippen LogP) is 3.75. The van der Waals surface area contributed by atoms with Crippen LogP contribution >= 0.6 is 0 Å². The van der Waals surface area contributed by atoms with Crippen molar-refractivity contribution in [1.29, 1.82) is 0 Å². The summed E-state index contributed by atoms with van der Waals surface area (Å²) in [5.41, 5.74) is 2.69. The highest BCUT2D eigenvalue weighted by molar-refractivity contribution is 5.37. The van der Waals surface area contributed by atoms with Gasteiger partial charge in [0, 0.05) is 11.5 Å². The molecule has 0 amide bonds. The molecular weight excluding hydrogens is 250 g/mol. The molecule has 3 rings (SSSR count). The molecule has 1 atom stereocenters. The van der Waals surface area contributed by atoms with Crippen LogP contribution in [0.15, 0.2) is 28.8 Å². The smallest absolute Gasteiger partial charge is 0.321 e. The van der Waals surface area contributed by atoms with E-state index >= 15 is 0 Å². The summed E-state index contributed by atoms with van der Waals surface area (Å²) < 4.78 is 5.34. The normalized spacial score (nSPS) is 18.6. The molecule has 20 heavy (non-hydrogen) atoms. The second-order valence-corrected chi connectivity index (χ2v) is 6.48. The highest BCUT2D eigenvalue weighted by Crippen LogP contribution is 2.35. The van der Waals surface area contributed by atoms with Crippen molar-refractivity contribution in [3.63, 3.8) is 0 Å². The van der Waals surface area contributed by atoms with Gasteiger partial charge < -0.3 is 9.84 Å². The van der Waals surface area contributed by atoms with Gasteiger partial charge in [0.15, 0.2) is 5.82 Å². The van der Waals surface area contributed by atoms with Crippen LogP contribution in [0.3, 0.4) is 0 Å². The fourth-order valence-electron chi connectivity index (χ4n) is 2.77. The minimum Gasteiger partial charge on any atom is -0.333 e. The molecule has 1 heterocycles. The van der Waals surface area contributed by atoms with Gasteiger partial charge in [-0.15, -0.1) is 0 Å². The zero-order chi connectivity index (χ0) is 14.2. The Morgan fingerprint density at radius 2 is 2.05 bits per heavy atom. The third-order valence-electron chi connectivity index (χ3n) is 3.60. The fraction of sp³-hybridized carbons (Fsp3) is 0.500. The molecule has 4 nitrogen and oxygen atoms in total. The molecule has 1 unspecified atom stereocenters. The summed E-state index contributed by atoms with van der Waals surface area (Å²) in [6, 6.07) is 9.09. The molecule has 0 aliphatic heterocycles. The highest BCUT2D eigenvalue weighted by Gasteiger charge is 2.26. The van der Waals surface area contributed by atoms with Gasteiger partial charge in [-0.1, -0.05) is 29.4 Å². The van der Waals surface area contributed by atoms with Gasteiger partial charge in [0.25, 0.3) is 0 Å². The van der Waals surface area contributed by atoms with Crippen LogP contribution in [0.4, 0.5) is 6.01 Å². The van der Waals surface area contributed by atoms with E-state index in [9.17, 15) is 0 Å². The SMILES string of the molecule is CC(C)(C)Nc1nc(C2CCCc3ccccc32)no1. The summed E-state index contributed by atoms with van der Waals surface area (Å²) in [6.45, 7) is 6.23. The topological polar surface area (TPSA) is 51.0 Å². The Morgan fingerprint density at radius 3 is 2.85 bits per heavy atom. The number of anilines is 1. The van der Waals surface area contributed by atoms with E-state index in [1.54, 1.807) is 0 Å². The molecule has 2 aromatic rings. The van der Waals surface area contributed by atoms with E-state index in [1.807, 2.05) is 0 Å². The van der Waals surface area contributed by atoms with Crippen molar-refractivity contribution in [3.8, 4) is 0 Å². The lowest BCUT2D eigenvalue weighted by molar-refractivity contribution is 0.406. The van der Waals surface area contributed by atoms with E-state index in [1.165, 1.54) is 17.5 Å². The molecule has 0 radical (unpaired) electrons. The molecule has 1 aromatic heterocycles. The maximum Gasteiger partial charge on any atom is 0.321 e. The van der Waals surface area contributed by atoms with Crippen molar-refractivity contribution in [3.05, 3.63) is 41.2 Å². The summed E-state index contributed by atoms with van der Waals surface area (Å²) in [4.78, 5) is 4.53. The van der Waals surface area contributed by atoms with Crippen LogP contribution in [-0.4, -0.2) is 15.7 Å². The number of rotatable bonds is 2. The van der Waals surface area contributed by atoms with E-state index in [0.717, 1.165) is 18.7 Å². The van der Waals surface area contributed by atoms with Crippen molar-refractivity contribution in [1.82, 2.24) is 10.1 Å². The van der Waals surface area contributed by atoms with Gasteiger partial charge in [0.05, 0.1) is 0 Å². The van der Waals surface area contributed by atoms with Crippen molar-refractivity contribution in [2.75, 3.05) is 5.32 Å². The average Bonchev–Trinajstić information content (AvgIpc) is 2.84. The van der Waals surface area contributed by atoms with Crippen molar-refractivity contribution >= 4 is 6.01 Å². The Bertz CT molecular complexity index is 598. The molecule has 1 aliphatic carbocycles. The number of fused-ring (bicyclic) bond motifs is 1. The lowest BCUT2D eigenvalue weighted by atomic mass is 9.82. The van der Waals surface area contributed by atoms with Crippen LogP contribution in [0.25, 0.3) is 0 Å². The summed E-state index contributed by atoms with van der Waals surface area (Å²) in [6.07, 6.45) is 3.42. The highest BCUT2D eigenvalue weighted by atomic mass is 16.5. The Morgan fingerprint density at radius 1 is 1.25 bits per heavy atom. The van der Waals surface area contributed by atoms with Gasteiger partial charge in [-0.2, -0.15) is 4.98 Å². The van der Waals surface area contributed by atoms with Crippen LogP contribution in [-0.2, 0) is 6.42 Å². The van der Waals surface area contributed by atoms with Gasteiger partial charge in [0.1, 0.15) is 0 Å². The summed E-state index contributed by atoms with van der Waals surface area (Å²) in [5, 5.41) is 7.40. The molecule has 1 aliphatic rings. The zero-order valence-corrected chi connectivity index (χ0v) is 12.3. The van der Waals surface area contributed by atoms with E-state index in [-0.39, 0.29) is 11.5 Å². The van der Waals surface area contributed by atoms with Crippen molar-refractivity contribution in [2.24, 2.45) is 0 Å². The second kappa shape index (κ2) is 4.93. The molecular formula is C16H21N3O. The predicted molar refractivity (Wildman–Crippen MR) is 78.9 cm³/mol. The van der Waals surface area contributed by atoms with Crippen molar-refractivity contribution < 1.29 is 4.52 Å². The van der Waals surface area contributed by atoms with Gasteiger partial charge in [-0.25, -0.2) is 0 Å². The Balaban J connectivity index is 1.88. The molecule has 1 N–H and O–H groups in total. The largest absolute Gasteiger partial charge is 0.333 e. The first kappa shape index (κ1) is 13.2.